The molecule has 12 nitrogen and oxygen atoms in total. The highest BCUT2D eigenvalue weighted by atomic mass is 32.2. The Morgan fingerprint density at radius 3 is 1.61 bits per heavy atom. The zero-order valence-electron chi connectivity index (χ0n) is 26.5. The molecule has 0 saturated heterocycles. The Hall–Kier alpha value is -4.82. The van der Waals surface area contributed by atoms with Crippen LogP contribution < -0.4 is 20.9 Å². The molecule has 0 fully saturated rings. The highest BCUT2D eigenvalue weighted by molar-refractivity contribution is 7.91. The van der Waals surface area contributed by atoms with Crippen molar-refractivity contribution in [2.24, 2.45) is 10.2 Å². The maximum atomic E-state index is 11.9. The van der Waals surface area contributed by atoms with Crippen LogP contribution in [-0.2, 0) is 26.1 Å². The van der Waals surface area contributed by atoms with E-state index in [1.54, 1.807) is 69.5 Å². The molecule has 4 rings (SSSR count). The second-order valence-electron chi connectivity index (χ2n) is 10.5. The van der Waals surface area contributed by atoms with E-state index < -0.39 is 19.7 Å². The Morgan fingerprint density at radius 2 is 1.20 bits per heavy atom. The summed E-state index contributed by atoms with van der Waals surface area (Å²) in [7, 11) is -5.07. The number of benzene rings is 3. The number of sulfone groups is 2. The Labute approximate surface area is 269 Å². The Balaban J connectivity index is 1.73. The van der Waals surface area contributed by atoms with Gasteiger partial charge in [0.25, 0.3) is 0 Å². The van der Waals surface area contributed by atoms with Gasteiger partial charge in [-0.2, -0.15) is 20.2 Å². The number of anilines is 4. The molecule has 1 aromatic heterocycles. The first-order chi connectivity index (χ1) is 21.8. The fourth-order valence-electron chi connectivity index (χ4n) is 4.37. The third-order valence-electron chi connectivity index (χ3n) is 6.92. The van der Waals surface area contributed by atoms with Crippen LogP contribution in [-0.4, -0.2) is 57.8 Å². The fourth-order valence-corrected chi connectivity index (χ4v) is 5.63. The first-order valence-corrected chi connectivity index (χ1v) is 18.1. The average Bonchev–Trinajstić information content (AvgIpc) is 3.03. The third-order valence-corrected chi connectivity index (χ3v) is 9.18. The normalized spacial score (nSPS) is 12.5. The topological polar surface area (TPSA) is 164 Å². The standard InChI is InChI=1S/C32H37N7O5S2/c1-7-10-27-30(38-36-21(2)23-13-17-25(18-14-23)45(5,40)41)34-32(33-28-11-8-9-12-29(28)44-4)35-31(27)39-37-22(3)24-15-19-26(20-16-24)46(6,42)43/h8-9,11-20H,7,10H2,1-6H3,(H3,33,34,35,38,39). The van der Waals surface area contributed by atoms with Crippen LogP contribution >= 0.6 is 0 Å². The number of rotatable bonds is 13. The van der Waals surface area contributed by atoms with Gasteiger partial charge in [0.2, 0.25) is 5.95 Å². The smallest absolute Gasteiger partial charge is 0.231 e. The van der Waals surface area contributed by atoms with Gasteiger partial charge in [-0.15, -0.1) is 0 Å². The van der Waals surface area contributed by atoms with Crippen LogP contribution in [0, 0.1) is 0 Å². The van der Waals surface area contributed by atoms with E-state index in [1.807, 2.05) is 31.2 Å². The Morgan fingerprint density at radius 1 is 0.739 bits per heavy atom. The Kier molecular flexibility index (Phi) is 10.7. The first kappa shape index (κ1) is 34.1. The molecule has 1 heterocycles. The number of ether oxygens (including phenoxy) is 1. The lowest BCUT2D eigenvalue weighted by Crippen LogP contribution is -2.11. The van der Waals surface area contributed by atoms with Gasteiger partial charge in [-0.25, -0.2) is 16.8 Å². The van der Waals surface area contributed by atoms with Crippen molar-refractivity contribution in [2.45, 2.75) is 43.4 Å². The quantitative estimate of drug-likeness (QED) is 0.120. The van der Waals surface area contributed by atoms with Gasteiger partial charge in [0.15, 0.2) is 31.3 Å². The minimum Gasteiger partial charge on any atom is -0.495 e. The van der Waals surface area contributed by atoms with Gasteiger partial charge in [-0.05, 0) is 67.8 Å². The largest absolute Gasteiger partial charge is 0.495 e. The minimum absolute atomic E-state index is 0.225. The van der Waals surface area contributed by atoms with E-state index in [9.17, 15) is 16.8 Å². The molecule has 0 radical (unpaired) electrons. The molecule has 4 aromatic rings. The maximum Gasteiger partial charge on any atom is 0.231 e. The summed E-state index contributed by atoms with van der Waals surface area (Å²) in [4.78, 5) is 9.91. The lowest BCUT2D eigenvalue weighted by atomic mass is 10.1. The van der Waals surface area contributed by atoms with Gasteiger partial charge >= 0.3 is 0 Å². The number of hydrogen-bond acceptors (Lipinski definition) is 12. The van der Waals surface area contributed by atoms with E-state index in [4.69, 9.17) is 14.7 Å². The summed E-state index contributed by atoms with van der Waals surface area (Å²) >= 11 is 0. The molecule has 0 aliphatic carbocycles. The van der Waals surface area contributed by atoms with Gasteiger partial charge in [-0.1, -0.05) is 49.7 Å². The zero-order chi connectivity index (χ0) is 33.5. The summed E-state index contributed by atoms with van der Waals surface area (Å²) in [6, 6.07) is 20.4. The van der Waals surface area contributed by atoms with Crippen molar-refractivity contribution in [3.8, 4) is 5.75 Å². The van der Waals surface area contributed by atoms with Gasteiger partial charge in [0.05, 0.1) is 34.0 Å². The number of methoxy groups -OCH3 is 1. The highest BCUT2D eigenvalue weighted by Crippen LogP contribution is 2.30. The summed E-state index contributed by atoms with van der Waals surface area (Å²) in [5.74, 6) is 1.74. The van der Waals surface area contributed by atoms with Crippen molar-refractivity contribution in [3.63, 3.8) is 0 Å². The monoisotopic (exact) mass is 663 g/mol. The van der Waals surface area contributed by atoms with Crippen LogP contribution in [0.15, 0.2) is 92.8 Å². The number of aromatic nitrogens is 2. The van der Waals surface area contributed by atoms with Crippen molar-refractivity contribution in [2.75, 3.05) is 35.8 Å². The third kappa shape index (κ3) is 8.67. The Bertz CT molecular complexity index is 1860. The summed E-state index contributed by atoms with van der Waals surface area (Å²) in [6.07, 6.45) is 3.70. The van der Waals surface area contributed by atoms with Crippen LogP contribution in [0.4, 0.5) is 23.3 Å². The summed E-state index contributed by atoms with van der Waals surface area (Å²) in [6.45, 7) is 5.64. The molecule has 242 valence electrons. The summed E-state index contributed by atoms with van der Waals surface area (Å²) < 4.78 is 53.0. The van der Waals surface area contributed by atoms with Gasteiger partial charge < -0.3 is 10.1 Å². The zero-order valence-corrected chi connectivity index (χ0v) is 28.1. The number of para-hydroxylation sites is 2. The average molecular weight is 664 g/mol. The van der Waals surface area contributed by atoms with Crippen LogP contribution in [0.1, 0.15) is 43.9 Å². The number of nitrogens with zero attached hydrogens (tertiary/aromatic N) is 4. The lowest BCUT2D eigenvalue weighted by Gasteiger charge is -2.16. The van der Waals surface area contributed by atoms with Crippen LogP contribution in [0.25, 0.3) is 0 Å². The second kappa shape index (κ2) is 14.5. The molecule has 46 heavy (non-hydrogen) atoms. The van der Waals surface area contributed by atoms with Crippen LogP contribution in [0.2, 0.25) is 0 Å². The van der Waals surface area contributed by atoms with Gasteiger partial charge in [0, 0.05) is 18.1 Å². The summed E-state index contributed by atoms with van der Waals surface area (Å²) in [5, 5.41) is 12.3. The van der Waals surface area contributed by atoms with E-state index in [0.717, 1.165) is 35.6 Å². The second-order valence-corrected chi connectivity index (χ2v) is 14.5. The van der Waals surface area contributed by atoms with Crippen molar-refractivity contribution in [1.29, 1.82) is 0 Å². The van der Waals surface area contributed by atoms with Crippen molar-refractivity contribution in [3.05, 3.63) is 89.5 Å². The van der Waals surface area contributed by atoms with Crippen molar-refractivity contribution in [1.82, 2.24) is 9.97 Å². The molecule has 0 saturated carbocycles. The minimum atomic E-state index is -3.32. The van der Waals surface area contributed by atoms with E-state index in [1.165, 1.54) is 0 Å². The SMILES string of the molecule is CCCc1c(NN=C(C)c2ccc(S(C)(=O)=O)cc2)nc(Nc2ccccc2OC)nc1NN=C(C)c1ccc(S(C)(=O)=O)cc1. The molecule has 0 aliphatic heterocycles. The van der Waals surface area contributed by atoms with E-state index in [-0.39, 0.29) is 15.7 Å². The molecule has 14 heteroatoms. The fraction of sp³-hybridized carbons (Fsp3) is 0.250. The number of hydrazone groups is 2. The van der Waals surface area contributed by atoms with Crippen LogP contribution in [0.5, 0.6) is 5.75 Å². The maximum absolute atomic E-state index is 11.9. The predicted octanol–water partition coefficient (Wildman–Crippen LogP) is 5.66. The van der Waals surface area contributed by atoms with Gasteiger partial charge in [0.1, 0.15) is 5.75 Å². The number of hydrogen-bond donors (Lipinski definition) is 3. The van der Waals surface area contributed by atoms with Crippen molar-refractivity contribution < 1.29 is 21.6 Å². The molecule has 0 amide bonds. The van der Waals surface area contributed by atoms with Gasteiger partial charge in [-0.3, -0.25) is 10.9 Å². The van der Waals surface area contributed by atoms with Crippen LogP contribution in [0.3, 0.4) is 0 Å². The van der Waals surface area contributed by atoms with E-state index in [0.29, 0.717) is 40.9 Å². The van der Waals surface area contributed by atoms with E-state index >= 15 is 0 Å². The first-order valence-electron chi connectivity index (χ1n) is 14.3. The highest BCUT2D eigenvalue weighted by Gasteiger charge is 2.16. The molecule has 3 N–H and O–H groups in total. The van der Waals surface area contributed by atoms with E-state index in [2.05, 4.69) is 26.4 Å². The molecule has 0 spiro atoms. The molecule has 0 aliphatic rings. The molecule has 0 atom stereocenters. The lowest BCUT2D eigenvalue weighted by molar-refractivity contribution is 0.417. The molecule has 3 aromatic carbocycles. The molecule has 0 unspecified atom stereocenters. The summed E-state index contributed by atoms with van der Waals surface area (Å²) in [5.41, 5.74) is 10.2. The molecule has 0 bridgehead atoms. The predicted molar refractivity (Wildman–Crippen MR) is 183 cm³/mol. The molecular weight excluding hydrogens is 627 g/mol. The number of nitrogens with one attached hydrogen (secondary N) is 3. The molecular formula is C32H37N7O5S2. The van der Waals surface area contributed by atoms with Crippen molar-refractivity contribution >= 4 is 54.4 Å².